The number of rotatable bonds is 2. The second kappa shape index (κ2) is 3.83. The van der Waals surface area contributed by atoms with Gasteiger partial charge in [-0.1, -0.05) is 6.07 Å². The largest absolute Gasteiger partial charge is 0.394 e. The molecule has 0 unspecified atom stereocenters. The van der Waals surface area contributed by atoms with Crippen molar-refractivity contribution in [2.45, 2.75) is 19.1 Å². The number of aromatic amines is 1. The Morgan fingerprint density at radius 1 is 1.19 bits per heavy atom. The van der Waals surface area contributed by atoms with E-state index in [1.54, 1.807) is 18.2 Å². The molecule has 0 aliphatic heterocycles. The van der Waals surface area contributed by atoms with Crippen LogP contribution in [0.25, 0.3) is 10.9 Å². The maximum Gasteiger partial charge on any atom is 0.394 e. The summed E-state index contributed by atoms with van der Waals surface area (Å²) in [5, 5.41) is 0.766. The first-order chi connectivity index (χ1) is 7.48. The Kier molecular flexibility index (Phi) is 2.63. The van der Waals surface area contributed by atoms with Crippen LogP contribution in [0.1, 0.15) is 11.3 Å². The lowest BCUT2D eigenvalue weighted by molar-refractivity contribution is -0.127. The third-order valence-corrected chi connectivity index (χ3v) is 2.37. The number of halogens is 3. The summed E-state index contributed by atoms with van der Waals surface area (Å²) < 4.78 is 36.5. The summed E-state index contributed by atoms with van der Waals surface area (Å²) in [7, 11) is 0. The number of hydrogen-bond donors (Lipinski definition) is 2. The molecule has 0 saturated carbocycles. The van der Waals surface area contributed by atoms with Crippen molar-refractivity contribution in [2.75, 3.05) is 0 Å². The molecule has 2 rings (SSSR count). The SMILES string of the molecule is NCc1ccc2[nH]c(CC(F)(F)F)cc2c1. The Hall–Kier alpha value is -1.49. The fourth-order valence-corrected chi connectivity index (χ4v) is 1.68. The van der Waals surface area contributed by atoms with Crippen LogP contribution in [0.3, 0.4) is 0 Å². The second-order valence-electron chi connectivity index (χ2n) is 3.71. The van der Waals surface area contributed by atoms with Gasteiger partial charge in [-0.05, 0) is 29.1 Å². The number of nitrogens with two attached hydrogens (primary N) is 1. The van der Waals surface area contributed by atoms with Crippen molar-refractivity contribution in [2.24, 2.45) is 5.73 Å². The summed E-state index contributed by atoms with van der Waals surface area (Å²) in [6.45, 7) is 0.385. The van der Waals surface area contributed by atoms with Crippen LogP contribution in [0.15, 0.2) is 24.3 Å². The third-order valence-electron chi connectivity index (χ3n) is 2.37. The van der Waals surface area contributed by atoms with Crippen LogP contribution < -0.4 is 5.73 Å². The van der Waals surface area contributed by atoms with Gasteiger partial charge >= 0.3 is 6.18 Å². The van der Waals surface area contributed by atoms with Gasteiger partial charge in [-0.2, -0.15) is 13.2 Å². The molecule has 0 spiro atoms. The molecule has 2 aromatic rings. The number of hydrogen-bond acceptors (Lipinski definition) is 1. The van der Waals surface area contributed by atoms with E-state index >= 15 is 0 Å². The molecule has 1 aromatic heterocycles. The van der Waals surface area contributed by atoms with Crippen molar-refractivity contribution in [3.05, 3.63) is 35.5 Å². The summed E-state index contributed by atoms with van der Waals surface area (Å²) in [5.74, 6) is 0. The maximum absolute atomic E-state index is 12.2. The quantitative estimate of drug-likeness (QED) is 0.815. The minimum atomic E-state index is -4.18. The first-order valence-electron chi connectivity index (χ1n) is 4.85. The number of fused-ring (bicyclic) bond motifs is 1. The van der Waals surface area contributed by atoms with Crippen molar-refractivity contribution in [1.29, 1.82) is 0 Å². The average Bonchev–Trinajstić information content (AvgIpc) is 2.55. The molecule has 1 aromatic carbocycles. The zero-order chi connectivity index (χ0) is 11.8. The van der Waals surface area contributed by atoms with Gasteiger partial charge in [0.1, 0.15) is 0 Å². The lowest BCUT2D eigenvalue weighted by Gasteiger charge is -2.02. The molecule has 2 nitrogen and oxygen atoms in total. The van der Waals surface area contributed by atoms with Gasteiger partial charge in [-0.25, -0.2) is 0 Å². The molecule has 0 bridgehead atoms. The topological polar surface area (TPSA) is 41.8 Å². The first kappa shape index (κ1) is 11.0. The van der Waals surface area contributed by atoms with Crippen LogP contribution in [-0.4, -0.2) is 11.2 Å². The monoisotopic (exact) mass is 228 g/mol. The third kappa shape index (κ3) is 2.36. The van der Waals surface area contributed by atoms with E-state index in [1.807, 2.05) is 0 Å². The molecule has 5 heteroatoms. The van der Waals surface area contributed by atoms with Crippen LogP contribution in [0, 0.1) is 0 Å². The van der Waals surface area contributed by atoms with Gasteiger partial charge in [-0.15, -0.1) is 0 Å². The highest BCUT2D eigenvalue weighted by molar-refractivity contribution is 5.81. The fraction of sp³-hybridized carbons (Fsp3) is 0.273. The predicted octanol–water partition coefficient (Wildman–Crippen LogP) is 2.73. The Labute approximate surface area is 90.3 Å². The van der Waals surface area contributed by atoms with E-state index in [1.165, 1.54) is 6.07 Å². The van der Waals surface area contributed by atoms with Gasteiger partial charge in [0.25, 0.3) is 0 Å². The van der Waals surface area contributed by atoms with Crippen LogP contribution in [0.4, 0.5) is 13.2 Å². The minimum Gasteiger partial charge on any atom is -0.358 e. The van der Waals surface area contributed by atoms with Gasteiger partial charge in [0, 0.05) is 17.8 Å². The molecule has 1 heterocycles. The molecule has 0 fully saturated rings. The Balaban J connectivity index is 2.36. The van der Waals surface area contributed by atoms with Crippen LogP contribution in [0.2, 0.25) is 0 Å². The minimum absolute atomic E-state index is 0.177. The summed E-state index contributed by atoms with van der Waals surface area (Å²) >= 11 is 0. The van der Waals surface area contributed by atoms with E-state index in [0.29, 0.717) is 12.1 Å². The van der Waals surface area contributed by atoms with Gasteiger partial charge < -0.3 is 10.7 Å². The molecule has 16 heavy (non-hydrogen) atoms. The highest BCUT2D eigenvalue weighted by Crippen LogP contribution is 2.24. The normalized spacial score (nSPS) is 12.2. The van der Waals surface area contributed by atoms with E-state index in [2.05, 4.69) is 4.98 Å². The Morgan fingerprint density at radius 3 is 2.56 bits per heavy atom. The molecule has 0 saturated heterocycles. The molecule has 0 aliphatic rings. The van der Waals surface area contributed by atoms with Gasteiger partial charge in [0.05, 0.1) is 6.42 Å². The Bertz CT molecular complexity index is 499. The fourth-order valence-electron chi connectivity index (χ4n) is 1.68. The highest BCUT2D eigenvalue weighted by atomic mass is 19.4. The highest BCUT2D eigenvalue weighted by Gasteiger charge is 2.28. The van der Waals surface area contributed by atoms with Crippen LogP contribution in [-0.2, 0) is 13.0 Å². The number of H-pyrrole nitrogens is 1. The molecule has 0 radical (unpaired) electrons. The summed E-state index contributed by atoms with van der Waals surface area (Å²) in [4.78, 5) is 2.74. The number of aromatic nitrogens is 1. The van der Waals surface area contributed by atoms with E-state index in [9.17, 15) is 13.2 Å². The number of nitrogens with one attached hydrogen (secondary N) is 1. The van der Waals surface area contributed by atoms with Gasteiger partial charge in [0.15, 0.2) is 0 Å². The van der Waals surface area contributed by atoms with Crippen molar-refractivity contribution in [1.82, 2.24) is 4.98 Å². The van der Waals surface area contributed by atoms with E-state index < -0.39 is 12.6 Å². The van der Waals surface area contributed by atoms with E-state index in [4.69, 9.17) is 5.73 Å². The molecule has 0 atom stereocenters. The second-order valence-corrected chi connectivity index (χ2v) is 3.71. The molecule has 0 amide bonds. The Morgan fingerprint density at radius 2 is 1.94 bits per heavy atom. The average molecular weight is 228 g/mol. The lowest BCUT2D eigenvalue weighted by Crippen LogP contribution is -2.11. The molecular weight excluding hydrogens is 217 g/mol. The van der Waals surface area contributed by atoms with E-state index in [0.717, 1.165) is 10.9 Å². The van der Waals surface area contributed by atoms with Crippen molar-refractivity contribution >= 4 is 10.9 Å². The zero-order valence-corrected chi connectivity index (χ0v) is 8.43. The summed E-state index contributed by atoms with van der Waals surface area (Å²) in [6.07, 6.45) is -5.11. The first-order valence-corrected chi connectivity index (χ1v) is 4.85. The molecule has 86 valence electrons. The van der Waals surface area contributed by atoms with Gasteiger partial charge in [0.2, 0.25) is 0 Å². The molecular formula is C11H11F3N2. The molecule has 0 aliphatic carbocycles. The lowest BCUT2D eigenvalue weighted by atomic mass is 10.1. The van der Waals surface area contributed by atoms with Crippen LogP contribution >= 0.6 is 0 Å². The number of alkyl halides is 3. The predicted molar refractivity (Wildman–Crippen MR) is 55.9 cm³/mol. The zero-order valence-electron chi connectivity index (χ0n) is 8.43. The van der Waals surface area contributed by atoms with Crippen molar-refractivity contribution in [3.63, 3.8) is 0 Å². The molecule has 3 N–H and O–H groups in total. The van der Waals surface area contributed by atoms with E-state index in [-0.39, 0.29) is 5.69 Å². The van der Waals surface area contributed by atoms with Gasteiger partial charge in [-0.3, -0.25) is 0 Å². The van der Waals surface area contributed by atoms with Crippen molar-refractivity contribution in [3.8, 4) is 0 Å². The van der Waals surface area contributed by atoms with Crippen LogP contribution in [0.5, 0.6) is 0 Å². The summed E-state index contributed by atoms with van der Waals surface area (Å²) in [5.41, 5.74) is 7.25. The smallest absolute Gasteiger partial charge is 0.358 e. The van der Waals surface area contributed by atoms with Crippen molar-refractivity contribution < 1.29 is 13.2 Å². The summed E-state index contributed by atoms with van der Waals surface area (Å²) in [6, 6.07) is 6.86. The number of benzene rings is 1. The standard InChI is InChI=1S/C11H11F3N2/c12-11(13,14)5-9-4-8-3-7(6-15)1-2-10(8)16-9/h1-4,16H,5-6,15H2. The maximum atomic E-state index is 12.2.